The first kappa shape index (κ1) is 12.4. The van der Waals surface area contributed by atoms with Crippen LogP contribution in [0.5, 0.6) is 0 Å². The standard InChI is InChI=1S/C16H14N2O2/c1-10-6-7-12(17)8-11(10)9-18-15(19)13-4-2-3-5-14(13)16(18)20/h2-8H,9,17H2,1H3. The second kappa shape index (κ2) is 4.49. The Hall–Kier alpha value is -2.62. The molecular weight excluding hydrogens is 252 g/mol. The zero-order valence-electron chi connectivity index (χ0n) is 11.1. The molecule has 0 spiro atoms. The van der Waals surface area contributed by atoms with Crippen molar-refractivity contribution in [3.63, 3.8) is 0 Å². The van der Waals surface area contributed by atoms with Gasteiger partial charge >= 0.3 is 0 Å². The monoisotopic (exact) mass is 266 g/mol. The van der Waals surface area contributed by atoms with E-state index in [1.807, 2.05) is 13.0 Å². The van der Waals surface area contributed by atoms with Crippen LogP contribution in [0.1, 0.15) is 31.8 Å². The van der Waals surface area contributed by atoms with E-state index in [0.717, 1.165) is 11.1 Å². The Balaban J connectivity index is 1.96. The van der Waals surface area contributed by atoms with Gasteiger partial charge in [-0.2, -0.15) is 0 Å². The van der Waals surface area contributed by atoms with E-state index < -0.39 is 0 Å². The molecule has 1 aliphatic heterocycles. The number of hydrogen-bond acceptors (Lipinski definition) is 3. The highest BCUT2D eigenvalue weighted by Crippen LogP contribution is 2.25. The van der Waals surface area contributed by atoms with E-state index in [-0.39, 0.29) is 18.4 Å². The molecule has 0 unspecified atom stereocenters. The van der Waals surface area contributed by atoms with Crippen molar-refractivity contribution in [3.05, 3.63) is 64.7 Å². The fourth-order valence-electron chi connectivity index (χ4n) is 2.41. The zero-order valence-corrected chi connectivity index (χ0v) is 11.1. The lowest BCUT2D eigenvalue weighted by molar-refractivity contribution is 0.0642. The summed E-state index contributed by atoms with van der Waals surface area (Å²) in [5, 5.41) is 0. The number of amides is 2. The predicted molar refractivity (Wildman–Crippen MR) is 76.2 cm³/mol. The summed E-state index contributed by atoms with van der Waals surface area (Å²) in [4.78, 5) is 25.8. The largest absolute Gasteiger partial charge is 0.399 e. The van der Waals surface area contributed by atoms with Gasteiger partial charge < -0.3 is 5.73 Å². The molecule has 100 valence electrons. The highest BCUT2D eigenvalue weighted by molar-refractivity contribution is 6.21. The van der Waals surface area contributed by atoms with Gasteiger partial charge in [0.1, 0.15) is 0 Å². The SMILES string of the molecule is Cc1ccc(N)cc1CN1C(=O)c2ccccc2C1=O. The van der Waals surface area contributed by atoms with Crippen LogP contribution in [-0.2, 0) is 6.54 Å². The highest BCUT2D eigenvalue weighted by Gasteiger charge is 2.35. The van der Waals surface area contributed by atoms with Gasteiger partial charge in [0, 0.05) is 5.69 Å². The first-order valence-electron chi connectivity index (χ1n) is 6.38. The van der Waals surface area contributed by atoms with Crippen LogP contribution in [0.2, 0.25) is 0 Å². The molecule has 0 saturated carbocycles. The molecule has 1 heterocycles. The second-order valence-corrected chi connectivity index (χ2v) is 4.93. The summed E-state index contributed by atoms with van der Waals surface area (Å²) in [5.74, 6) is -0.486. The third-order valence-corrected chi connectivity index (χ3v) is 3.58. The summed E-state index contributed by atoms with van der Waals surface area (Å²) in [5.41, 5.74) is 9.23. The molecule has 0 saturated heterocycles. The fraction of sp³-hybridized carbons (Fsp3) is 0.125. The van der Waals surface area contributed by atoms with Crippen molar-refractivity contribution in [1.29, 1.82) is 0 Å². The van der Waals surface area contributed by atoms with Crippen LogP contribution in [0, 0.1) is 6.92 Å². The number of aryl methyl sites for hydroxylation is 1. The predicted octanol–water partition coefficient (Wildman–Crippen LogP) is 2.37. The van der Waals surface area contributed by atoms with Crippen molar-refractivity contribution in [2.75, 3.05) is 5.73 Å². The lowest BCUT2D eigenvalue weighted by Crippen LogP contribution is -2.29. The Kier molecular flexibility index (Phi) is 2.79. The van der Waals surface area contributed by atoms with Crippen molar-refractivity contribution in [2.45, 2.75) is 13.5 Å². The van der Waals surface area contributed by atoms with Crippen LogP contribution >= 0.6 is 0 Å². The molecule has 1 aliphatic rings. The van der Waals surface area contributed by atoms with Gasteiger partial charge in [0.05, 0.1) is 17.7 Å². The topological polar surface area (TPSA) is 63.4 Å². The van der Waals surface area contributed by atoms with E-state index in [2.05, 4.69) is 0 Å². The van der Waals surface area contributed by atoms with Crippen molar-refractivity contribution in [2.24, 2.45) is 0 Å². The highest BCUT2D eigenvalue weighted by atomic mass is 16.2. The Bertz CT molecular complexity index is 687. The Morgan fingerprint density at radius 1 is 1.00 bits per heavy atom. The number of carbonyl (C=O) groups excluding carboxylic acids is 2. The number of fused-ring (bicyclic) bond motifs is 1. The molecule has 2 N–H and O–H groups in total. The molecule has 2 amide bonds. The molecule has 0 radical (unpaired) electrons. The number of rotatable bonds is 2. The van der Waals surface area contributed by atoms with Crippen LogP contribution in [-0.4, -0.2) is 16.7 Å². The average molecular weight is 266 g/mol. The van der Waals surface area contributed by atoms with Crippen LogP contribution in [0.3, 0.4) is 0 Å². The van der Waals surface area contributed by atoms with E-state index in [1.54, 1.807) is 36.4 Å². The second-order valence-electron chi connectivity index (χ2n) is 4.93. The van der Waals surface area contributed by atoms with Crippen molar-refractivity contribution in [3.8, 4) is 0 Å². The van der Waals surface area contributed by atoms with Gasteiger partial charge in [-0.3, -0.25) is 14.5 Å². The van der Waals surface area contributed by atoms with Gasteiger partial charge in [-0.05, 0) is 42.3 Å². The molecule has 0 aromatic heterocycles. The quantitative estimate of drug-likeness (QED) is 0.670. The number of nitrogen functional groups attached to an aromatic ring is 1. The maximum atomic E-state index is 12.3. The number of benzene rings is 2. The Morgan fingerprint density at radius 3 is 2.20 bits per heavy atom. The van der Waals surface area contributed by atoms with E-state index in [9.17, 15) is 9.59 Å². The minimum Gasteiger partial charge on any atom is -0.399 e. The van der Waals surface area contributed by atoms with Gasteiger partial charge in [-0.15, -0.1) is 0 Å². The molecule has 4 heteroatoms. The van der Waals surface area contributed by atoms with Crippen molar-refractivity contribution < 1.29 is 9.59 Å². The minimum atomic E-state index is -0.243. The van der Waals surface area contributed by atoms with Gasteiger partial charge in [-0.25, -0.2) is 0 Å². The number of nitrogens with zero attached hydrogens (tertiary/aromatic N) is 1. The van der Waals surface area contributed by atoms with E-state index in [0.29, 0.717) is 16.8 Å². The van der Waals surface area contributed by atoms with Gasteiger partial charge in [-0.1, -0.05) is 18.2 Å². The number of carbonyl (C=O) groups is 2. The summed E-state index contributed by atoms with van der Waals surface area (Å²) in [6.45, 7) is 2.19. The van der Waals surface area contributed by atoms with E-state index in [4.69, 9.17) is 5.73 Å². The molecule has 0 fully saturated rings. The molecule has 20 heavy (non-hydrogen) atoms. The molecule has 0 atom stereocenters. The normalized spacial score (nSPS) is 13.8. The van der Waals surface area contributed by atoms with Gasteiger partial charge in [0.2, 0.25) is 0 Å². The molecule has 0 bridgehead atoms. The van der Waals surface area contributed by atoms with Crippen LogP contribution in [0.25, 0.3) is 0 Å². The lowest BCUT2D eigenvalue weighted by Gasteiger charge is -2.16. The zero-order chi connectivity index (χ0) is 14.3. The third kappa shape index (κ3) is 1.86. The van der Waals surface area contributed by atoms with Gasteiger partial charge in [0.15, 0.2) is 0 Å². The maximum absolute atomic E-state index is 12.3. The number of imide groups is 1. The number of hydrogen-bond donors (Lipinski definition) is 1. The van der Waals surface area contributed by atoms with Crippen LogP contribution in [0.4, 0.5) is 5.69 Å². The summed E-state index contributed by atoms with van der Waals surface area (Å²) in [7, 11) is 0. The minimum absolute atomic E-state index is 0.243. The Morgan fingerprint density at radius 2 is 1.60 bits per heavy atom. The van der Waals surface area contributed by atoms with Crippen LogP contribution in [0.15, 0.2) is 42.5 Å². The summed E-state index contributed by atoms with van der Waals surface area (Å²) in [6, 6.07) is 12.4. The fourth-order valence-corrected chi connectivity index (χ4v) is 2.41. The first-order valence-corrected chi connectivity index (χ1v) is 6.38. The lowest BCUT2D eigenvalue weighted by atomic mass is 10.1. The third-order valence-electron chi connectivity index (χ3n) is 3.58. The number of anilines is 1. The Labute approximate surface area is 116 Å². The molecule has 4 nitrogen and oxygen atoms in total. The smallest absolute Gasteiger partial charge is 0.261 e. The molecular formula is C16H14N2O2. The van der Waals surface area contributed by atoms with Crippen molar-refractivity contribution >= 4 is 17.5 Å². The molecule has 2 aromatic carbocycles. The molecule has 2 aromatic rings. The summed E-state index contributed by atoms with van der Waals surface area (Å²) >= 11 is 0. The number of nitrogens with two attached hydrogens (primary N) is 1. The van der Waals surface area contributed by atoms with E-state index >= 15 is 0 Å². The molecule has 0 aliphatic carbocycles. The summed E-state index contributed by atoms with van der Waals surface area (Å²) in [6.07, 6.45) is 0. The van der Waals surface area contributed by atoms with Gasteiger partial charge in [0.25, 0.3) is 11.8 Å². The summed E-state index contributed by atoms with van der Waals surface area (Å²) < 4.78 is 0. The van der Waals surface area contributed by atoms with E-state index in [1.165, 1.54) is 4.90 Å². The maximum Gasteiger partial charge on any atom is 0.261 e. The molecule has 3 rings (SSSR count). The van der Waals surface area contributed by atoms with Crippen molar-refractivity contribution in [1.82, 2.24) is 4.90 Å². The average Bonchev–Trinajstić information content (AvgIpc) is 2.68. The van der Waals surface area contributed by atoms with Crippen LogP contribution < -0.4 is 5.73 Å². The first-order chi connectivity index (χ1) is 9.58.